The van der Waals surface area contributed by atoms with Crippen molar-refractivity contribution in [2.75, 3.05) is 13.2 Å². The number of nitrogens with zero attached hydrogens (tertiary/aromatic N) is 1. The fraction of sp³-hybridized carbons (Fsp3) is 0.727. The highest BCUT2D eigenvalue weighted by Gasteiger charge is 2.27. The summed E-state index contributed by atoms with van der Waals surface area (Å²) in [6.45, 7) is 0.903. The van der Waals surface area contributed by atoms with E-state index in [-0.39, 0.29) is 18.2 Å². The number of hydrogen-bond acceptors (Lipinski definition) is 4. The van der Waals surface area contributed by atoms with Crippen LogP contribution in [0.1, 0.15) is 25.7 Å². The minimum atomic E-state index is -1.06. The summed E-state index contributed by atoms with van der Waals surface area (Å²) in [6, 6.07) is 1.04. The lowest BCUT2D eigenvalue weighted by Crippen LogP contribution is -2.43. The van der Waals surface area contributed by atoms with Gasteiger partial charge in [0, 0.05) is 13.0 Å². The van der Waals surface area contributed by atoms with Gasteiger partial charge in [-0.3, -0.25) is 4.79 Å². The zero-order chi connectivity index (χ0) is 12.7. The first-order valence-corrected chi connectivity index (χ1v) is 5.63. The summed E-state index contributed by atoms with van der Waals surface area (Å²) in [6.07, 6.45) is 1.68. The molecule has 1 aliphatic heterocycles. The van der Waals surface area contributed by atoms with Crippen LogP contribution in [-0.2, 0) is 14.3 Å². The molecule has 6 nitrogen and oxygen atoms in total. The average Bonchev–Trinajstić information content (AvgIpc) is 2.81. The van der Waals surface area contributed by atoms with Gasteiger partial charge in [0.1, 0.15) is 6.04 Å². The van der Waals surface area contributed by atoms with Crippen LogP contribution in [0.2, 0.25) is 0 Å². The van der Waals surface area contributed by atoms with Gasteiger partial charge in [0.15, 0.2) is 0 Å². The smallest absolute Gasteiger partial charge is 0.326 e. The van der Waals surface area contributed by atoms with Gasteiger partial charge in [0.25, 0.3) is 0 Å². The molecule has 0 bridgehead atoms. The number of aliphatic carboxylic acids is 1. The Morgan fingerprint density at radius 3 is 2.88 bits per heavy atom. The van der Waals surface area contributed by atoms with Gasteiger partial charge < -0.3 is 15.2 Å². The monoisotopic (exact) mass is 240 g/mol. The zero-order valence-electron chi connectivity index (χ0n) is 9.52. The Bertz CT molecular complexity index is 318. The van der Waals surface area contributed by atoms with E-state index in [0.717, 1.165) is 0 Å². The lowest BCUT2D eigenvalue weighted by molar-refractivity contribution is -0.142. The van der Waals surface area contributed by atoms with Crippen LogP contribution in [0.25, 0.3) is 0 Å². The first kappa shape index (κ1) is 13.5. The van der Waals surface area contributed by atoms with E-state index in [0.29, 0.717) is 32.5 Å². The van der Waals surface area contributed by atoms with E-state index in [9.17, 15) is 9.59 Å². The zero-order valence-corrected chi connectivity index (χ0v) is 9.52. The number of hydrogen-bond donors (Lipinski definition) is 2. The number of ether oxygens (including phenoxy) is 1. The van der Waals surface area contributed by atoms with Crippen molar-refractivity contribution in [3.05, 3.63) is 0 Å². The largest absolute Gasteiger partial charge is 0.480 e. The van der Waals surface area contributed by atoms with Crippen LogP contribution in [-0.4, -0.2) is 36.2 Å². The molecular weight excluding hydrogens is 224 g/mol. The molecule has 1 rings (SSSR count). The van der Waals surface area contributed by atoms with Crippen LogP contribution < -0.4 is 5.32 Å². The minimum Gasteiger partial charge on any atom is -0.480 e. The lowest BCUT2D eigenvalue weighted by atomic mass is 10.1. The lowest BCUT2D eigenvalue weighted by Gasteiger charge is -2.16. The SMILES string of the molecule is N#CCCC[C@H](NC(=O)[C@H]1CCOC1)C(=O)O. The molecule has 1 aliphatic rings. The minimum absolute atomic E-state index is 0.243. The van der Waals surface area contributed by atoms with Crippen molar-refractivity contribution >= 4 is 11.9 Å². The van der Waals surface area contributed by atoms with Crippen LogP contribution in [0, 0.1) is 17.2 Å². The normalized spacial score (nSPS) is 20.5. The van der Waals surface area contributed by atoms with E-state index in [4.69, 9.17) is 15.1 Å². The third kappa shape index (κ3) is 4.41. The van der Waals surface area contributed by atoms with Gasteiger partial charge in [-0.1, -0.05) is 0 Å². The number of carbonyl (C=O) groups excluding carboxylic acids is 1. The fourth-order valence-corrected chi connectivity index (χ4v) is 1.67. The van der Waals surface area contributed by atoms with Crippen molar-refractivity contribution in [3.8, 4) is 6.07 Å². The van der Waals surface area contributed by atoms with Crippen molar-refractivity contribution < 1.29 is 19.4 Å². The predicted molar refractivity (Wildman–Crippen MR) is 58.0 cm³/mol. The highest BCUT2D eigenvalue weighted by molar-refractivity contribution is 5.85. The average molecular weight is 240 g/mol. The van der Waals surface area contributed by atoms with Crippen molar-refractivity contribution in [1.82, 2.24) is 5.32 Å². The van der Waals surface area contributed by atoms with Crippen molar-refractivity contribution in [1.29, 1.82) is 5.26 Å². The van der Waals surface area contributed by atoms with Gasteiger partial charge in [-0.2, -0.15) is 5.26 Å². The van der Waals surface area contributed by atoms with Crippen LogP contribution in [0.15, 0.2) is 0 Å². The summed E-state index contributed by atoms with van der Waals surface area (Å²) in [7, 11) is 0. The fourth-order valence-electron chi connectivity index (χ4n) is 1.67. The van der Waals surface area contributed by atoms with E-state index < -0.39 is 12.0 Å². The molecule has 1 amide bonds. The molecule has 0 aromatic carbocycles. The summed E-state index contributed by atoms with van der Waals surface area (Å²) in [5.41, 5.74) is 0. The molecule has 0 aromatic heterocycles. The van der Waals surface area contributed by atoms with Gasteiger partial charge >= 0.3 is 5.97 Å². The van der Waals surface area contributed by atoms with Crippen LogP contribution in [0.3, 0.4) is 0 Å². The first-order valence-electron chi connectivity index (χ1n) is 5.63. The van der Waals surface area contributed by atoms with Crippen molar-refractivity contribution in [2.24, 2.45) is 5.92 Å². The van der Waals surface area contributed by atoms with Crippen molar-refractivity contribution in [3.63, 3.8) is 0 Å². The van der Waals surface area contributed by atoms with E-state index in [2.05, 4.69) is 5.32 Å². The summed E-state index contributed by atoms with van der Waals surface area (Å²) in [5, 5.41) is 19.8. The van der Waals surface area contributed by atoms with Crippen LogP contribution in [0.4, 0.5) is 0 Å². The second kappa shape index (κ2) is 6.86. The predicted octanol–water partition coefficient (Wildman–Crippen LogP) is 0.286. The molecule has 0 aliphatic carbocycles. The Kier molecular flexibility index (Phi) is 5.43. The summed E-state index contributed by atoms with van der Waals surface area (Å²) in [4.78, 5) is 22.6. The molecule has 17 heavy (non-hydrogen) atoms. The third-order valence-electron chi connectivity index (χ3n) is 2.70. The maximum atomic E-state index is 11.7. The summed E-state index contributed by atoms with van der Waals surface area (Å²) < 4.78 is 5.07. The number of nitriles is 1. The molecule has 0 spiro atoms. The Balaban J connectivity index is 2.40. The second-order valence-electron chi connectivity index (χ2n) is 4.01. The number of amides is 1. The van der Waals surface area contributed by atoms with Gasteiger partial charge in [-0.25, -0.2) is 4.79 Å². The first-order chi connectivity index (χ1) is 8.15. The van der Waals surface area contributed by atoms with E-state index in [1.165, 1.54) is 0 Å². The molecule has 0 radical (unpaired) electrons. The third-order valence-corrected chi connectivity index (χ3v) is 2.70. The topological polar surface area (TPSA) is 99.4 Å². The molecular formula is C11H16N2O4. The highest BCUT2D eigenvalue weighted by Crippen LogP contribution is 2.13. The second-order valence-corrected chi connectivity index (χ2v) is 4.01. The van der Waals surface area contributed by atoms with Crippen LogP contribution >= 0.6 is 0 Å². The maximum absolute atomic E-state index is 11.7. The van der Waals surface area contributed by atoms with E-state index in [1.54, 1.807) is 0 Å². The van der Waals surface area contributed by atoms with Gasteiger partial charge in [0.05, 0.1) is 18.6 Å². The Morgan fingerprint density at radius 2 is 2.35 bits per heavy atom. The standard InChI is InChI=1S/C11H16N2O4/c12-5-2-1-3-9(11(15)16)13-10(14)8-4-6-17-7-8/h8-9H,1-4,6-7H2,(H,13,14)(H,15,16)/t8-,9-/m0/s1. The molecule has 1 fully saturated rings. The Labute approximate surface area is 99.6 Å². The summed E-state index contributed by atoms with van der Waals surface area (Å²) >= 11 is 0. The maximum Gasteiger partial charge on any atom is 0.326 e. The van der Waals surface area contributed by atoms with Crippen LogP contribution in [0.5, 0.6) is 0 Å². The summed E-state index contributed by atoms with van der Waals surface area (Å²) in [5.74, 6) is -1.57. The van der Waals surface area contributed by atoms with Gasteiger partial charge in [-0.15, -0.1) is 0 Å². The molecule has 1 heterocycles. The number of carbonyl (C=O) groups is 2. The number of rotatable bonds is 6. The molecule has 0 aromatic rings. The van der Waals surface area contributed by atoms with Gasteiger partial charge in [0.2, 0.25) is 5.91 Å². The molecule has 2 atom stereocenters. The van der Waals surface area contributed by atoms with E-state index in [1.807, 2.05) is 6.07 Å². The molecule has 0 unspecified atom stereocenters. The molecule has 0 saturated carbocycles. The van der Waals surface area contributed by atoms with E-state index >= 15 is 0 Å². The highest BCUT2D eigenvalue weighted by atomic mass is 16.5. The molecule has 1 saturated heterocycles. The number of unbranched alkanes of at least 4 members (excludes halogenated alkanes) is 1. The Morgan fingerprint density at radius 1 is 1.59 bits per heavy atom. The Hall–Kier alpha value is -1.61. The molecule has 94 valence electrons. The molecule has 2 N–H and O–H groups in total. The van der Waals surface area contributed by atoms with Gasteiger partial charge in [-0.05, 0) is 19.3 Å². The molecule has 6 heteroatoms. The number of carboxylic acids is 1. The van der Waals surface area contributed by atoms with Crippen molar-refractivity contribution in [2.45, 2.75) is 31.7 Å². The quantitative estimate of drug-likeness (QED) is 0.650. The number of nitrogens with one attached hydrogen (secondary N) is 1. The number of carboxylic acid groups (broad SMARTS) is 1.